The van der Waals surface area contributed by atoms with E-state index in [9.17, 15) is 5.11 Å². The highest BCUT2D eigenvalue weighted by Gasteiger charge is 2.10. The molecular formula is C11H20N2O4. The van der Waals surface area contributed by atoms with Crippen LogP contribution in [0.25, 0.3) is 0 Å². The van der Waals surface area contributed by atoms with Crippen LogP contribution in [0.4, 0.5) is 0 Å². The maximum absolute atomic E-state index is 9.43. The Morgan fingerprint density at radius 3 is 2.88 bits per heavy atom. The van der Waals surface area contributed by atoms with Crippen molar-refractivity contribution in [1.82, 2.24) is 10.1 Å². The summed E-state index contributed by atoms with van der Waals surface area (Å²) in [7, 11) is 1.63. The lowest BCUT2D eigenvalue weighted by molar-refractivity contribution is 0.0714. The number of nitrogens with zero attached hydrogens (tertiary/aromatic N) is 2. The molecule has 0 aliphatic carbocycles. The first kappa shape index (κ1) is 14.1. The van der Waals surface area contributed by atoms with Gasteiger partial charge in [0.15, 0.2) is 5.82 Å². The second-order valence-corrected chi connectivity index (χ2v) is 3.73. The number of hydrogen-bond acceptors (Lipinski definition) is 6. The van der Waals surface area contributed by atoms with Crippen LogP contribution in [0, 0.1) is 0 Å². The summed E-state index contributed by atoms with van der Waals surface area (Å²) in [6.45, 7) is 3.60. The molecule has 0 amide bonds. The van der Waals surface area contributed by atoms with Gasteiger partial charge >= 0.3 is 0 Å². The van der Waals surface area contributed by atoms with Gasteiger partial charge in [-0.3, -0.25) is 0 Å². The van der Waals surface area contributed by atoms with Crippen LogP contribution in [-0.2, 0) is 22.3 Å². The van der Waals surface area contributed by atoms with E-state index in [2.05, 4.69) is 10.1 Å². The lowest BCUT2D eigenvalue weighted by Crippen LogP contribution is -2.09. The second-order valence-electron chi connectivity index (χ2n) is 3.73. The van der Waals surface area contributed by atoms with Gasteiger partial charge in [0.1, 0.15) is 0 Å². The third-order valence-electron chi connectivity index (χ3n) is 2.29. The summed E-state index contributed by atoms with van der Waals surface area (Å²) in [4.78, 5) is 4.17. The summed E-state index contributed by atoms with van der Waals surface area (Å²) >= 11 is 0. The molecule has 6 heteroatoms. The van der Waals surface area contributed by atoms with Gasteiger partial charge in [-0.2, -0.15) is 4.98 Å². The van der Waals surface area contributed by atoms with Gasteiger partial charge in [0.05, 0.1) is 32.3 Å². The van der Waals surface area contributed by atoms with Crippen LogP contribution >= 0.6 is 0 Å². The number of methoxy groups -OCH3 is 1. The molecule has 0 spiro atoms. The molecule has 0 bridgehead atoms. The van der Waals surface area contributed by atoms with Crippen molar-refractivity contribution in [1.29, 1.82) is 0 Å². The van der Waals surface area contributed by atoms with Gasteiger partial charge in [0, 0.05) is 13.5 Å². The Hall–Kier alpha value is -0.980. The molecule has 0 saturated heterocycles. The highest BCUT2D eigenvalue weighted by Crippen LogP contribution is 2.04. The molecule has 98 valence electrons. The Kier molecular flexibility index (Phi) is 6.76. The van der Waals surface area contributed by atoms with E-state index in [4.69, 9.17) is 14.0 Å². The SMILES string of the molecule is CCC(O)Cc1nc(CCOCCOC)no1. The van der Waals surface area contributed by atoms with Crippen LogP contribution in [-0.4, -0.2) is 48.3 Å². The Balaban J connectivity index is 2.21. The van der Waals surface area contributed by atoms with Crippen LogP contribution in [0.2, 0.25) is 0 Å². The molecule has 6 nitrogen and oxygen atoms in total. The monoisotopic (exact) mass is 244 g/mol. The third kappa shape index (κ3) is 5.76. The summed E-state index contributed by atoms with van der Waals surface area (Å²) in [5.41, 5.74) is 0. The van der Waals surface area contributed by atoms with E-state index < -0.39 is 6.10 Å². The lowest BCUT2D eigenvalue weighted by atomic mass is 10.2. The molecule has 0 aliphatic rings. The van der Waals surface area contributed by atoms with E-state index in [0.717, 1.165) is 0 Å². The predicted molar refractivity (Wildman–Crippen MR) is 60.7 cm³/mol. The number of aliphatic hydroxyl groups excluding tert-OH is 1. The highest BCUT2D eigenvalue weighted by atomic mass is 16.5. The van der Waals surface area contributed by atoms with Crippen molar-refractivity contribution in [3.63, 3.8) is 0 Å². The van der Waals surface area contributed by atoms with Crippen LogP contribution < -0.4 is 0 Å². The van der Waals surface area contributed by atoms with Gasteiger partial charge in [-0.1, -0.05) is 12.1 Å². The first-order valence-electron chi connectivity index (χ1n) is 5.82. The van der Waals surface area contributed by atoms with Crippen molar-refractivity contribution in [2.75, 3.05) is 26.9 Å². The molecule has 0 aromatic carbocycles. The quantitative estimate of drug-likeness (QED) is 0.640. The van der Waals surface area contributed by atoms with Crippen LogP contribution in [0.3, 0.4) is 0 Å². The average molecular weight is 244 g/mol. The van der Waals surface area contributed by atoms with E-state index in [1.165, 1.54) is 0 Å². The Morgan fingerprint density at radius 1 is 1.35 bits per heavy atom. The fraction of sp³-hybridized carbons (Fsp3) is 0.818. The number of rotatable bonds is 9. The molecule has 0 fully saturated rings. The van der Waals surface area contributed by atoms with Crippen molar-refractivity contribution in [3.05, 3.63) is 11.7 Å². The molecule has 0 aliphatic heterocycles. The summed E-state index contributed by atoms with van der Waals surface area (Å²) in [6.07, 6.45) is 1.28. The Labute approximate surface area is 101 Å². The zero-order valence-corrected chi connectivity index (χ0v) is 10.4. The van der Waals surface area contributed by atoms with E-state index >= 15 is 0 Å². The fourth-order valence-electron chi connectivity index (χ4n) is 1.23. The minimum Gasteiger partial charge on any atom is -0.393 e. The van der Waals surface area contributed by atoms with Crippen molar-refractivity contribution in [2.24, 2.45) is 0 Å². The molecule has 1 N–H and O–H groups in total. The molecule has 1 aromatic heterocycles. The summed E-state index contributed by atoms with van der Waals surface area (Å²) in [5.74, 6) is 1.09. The Bertz CT molecular complexity index is 303. The maximum atomic E-state index is 9.43. The second kappa shape index (κ2) is 8.16. The standard InChI is InChI=1S/C11H20N2O4/c1-3-9(14)8-11-12-10(13-17-11)4-5-16-7-6-15-2/h9,14H,3-8H2,1-2H3. The van der Waals surface area contributed by atoms with Crippen molar-refractivity contribution in [3.8, 4) is 0 Å². The fourth-order valence-corrected chi connectivity index (χ4v) is 1.23. The zero-order valence-electron chi connectivity index (χ0n) is 10.4. The minimum atomic E-state index is -0.416. The van der Waals surface area contributed by atoms with E-state index in [0.29, 0.717) is 50.8 Å². The maximum Gasteiger partial charge on any atom is 0.229 e. The van der Waals surface area contributed by atoms with Gasteiger partial charge in [-0.15, -0.1) is 0 Å². The van der Waals surface area contributed by atoms with Gasteiger partial charge in [-0.05, 0) is 6.42 Å². The zero-order chi connectivity index (χ0) is 12.5. The van der Waals surface area contributed by atoms with Crippen molar-refractivity contribution in [2.45, 2.75) is 32.3 Å². The van der Waals surface area contributed by atoms with Gasteiger partial charge in [-0.25, -0.2) is 0 Å². The minimum absolute atomic E-state index is 0.411. The van der Waals surface area contributed by atoms with Gasteiger partial charge in [0.25, 0.3) is 0 Å². The lowest BCUT2D eigenvalue weighted by Gasteiger charge is -2.01. The van der Waals surface area contributed by atoms with Crippen LogP contribution in [0.1, 0.15) is 25.1 Å². The first-order valence-corrected chi connectivity index (χ1v) is 5.82. The van der Waals surface area contributed by atoms with E-state index in [-0.39, 0.29) is 0 Å². The predicted octanol–water partition coefficient (Wildman–Crippen LogP) is 0.588. The number of ether oxygens (including phenoxy) is 2. The van der Waals surface area contributed by atoms with E-state index in [1.807, 2.05) is 6.92 Å². The van der Waals surface area contributed by atoms with Crippen molar-refractivity contribution < 1.29 is 19.1 Å². The molecule has 0 saturated carbocycles. The number of aliphatic hydroxyl groups is 1. The third-order valence-corrected chi connectivity index (χ3v) is 2.29. The highest BCUT2D eigenvalue weighted by molar-refractivity contribution is 4.88. The van der Waals surface area contributed by atoms with Gasteiger partial charge in [0.2, 0.25) is 5.89 Å². The number of aromatic nitrogens is 2. The topological polar surface area (TPSA) is 77.6 Å². The molecule has 1 unspecified atom stereocenters. The molecule has 17 heavy (non-hydrogen) atoms. The normalized spacial score (nSPS) is 12.9. The molecule has 1 rings (SSSR count). The van der Waals surface area contributed by atoms with E-state index in [1.54, 1.807) is 7.11 Å². The van der Waals surface area contributed by atoms with Crippen LogP contribution in [0.5, 0.6) is 0 Å². The first-order chi connectivity index (χ1) is 8.26. The average Bonchev–Trinajstić information content (AvgIpc) is 2.76. The molecule has 1 aromatic rings. The van der Waals surface area contributed by atoms with Crippen LogP contribution in [0.15, 0.2) is 4.52 Å². The summed E-state index contributed by atoms with van der Waals surface area (Å²) in [5, 5.41) is 13.2. The summed E-state index contributed by atoms with van der Waals surface area (Å²) < 4.78 is 15.2. The largest absolute Gasteiger partial charge is 0.393 e. The summed E-state index contributed by atoms with van der Waals surface area (Å²) in [6, 6.07) is 0. The number of hydrogen-bond donors (Lipinski definition) is 1. The molecule has 1 heterocycles. The Morgan fingerprint density at radius 2 is 2.18 bits per heavy atom. The molecule has 0 radical (unpaired) electrons. The molecular weight excluding hydrogens is 224 g/mol. The van der Waals surface area contributed by atoms with Gasteiger partial charge < -0.3 is 19.1 Å². The smallest absolute Gasteiger partial charge is 0.229 e. The molecule has 1 atom stereocenters. The van der Waals surface area contributed by atoms with Crippen molar-refractivity contribution >= 4 is 0 Å².